The maximum atomic E-state index is 12.8. The van der Waals surface area contributed by atoms with Gasteiger partial charge in [-0.05, 0) is 29.3 Å². The second kappa shape index (κ2) is 9.21. The fourth-order valence-electron chi connectivity index (χ4n) is 3.44. The number of hydrogen-bond donors (Lipinski definition) is 1. The van der Waals surface area contributed by atoms with E-state index >= 15 is 0 Å². The molecule has 1 N–H and O–H groups in total. The third-order valence-electron chi connectivity index (χ3n) is 4.99. The fourth-order valence-corrected chi connectivity index (χ4v) is 3.44. The normalized spacial score (nSPS) is 18.5. The Bertz CT molecular complexity index is 1100. The molecule has 4 rings (SSSR count). The smallest absolute Gasteiger partial charge is 0.349 e. The zero-order chi connectivity index (χ0) is 21.6. The number of carbonyl (C=O) groups is 2. The van der Waals surface area contributed by atoms with Crippen molar-refractivity contribution >= 4 is 23.6 Å². The van der Waals surface area contributed by atoms with E-state index in [1.807, 2.05) is 72.8 Å². The molecule has 2 aromatic carbocycles. The van der Waals surface area contributed by atoms with Gasteiger partial charge in [-0.15, -0.1) is 0 Å². The van der Waals surface area contributed by atoms with Gasteiger partial charge in [0.15, 0.2) is 0 Å². The van der Waals surface area contributed by atoms with Gasteiger partial charge >= 0.3 is 12.1 Å². The summed E-state index contributed by atoms with van der Waals surface area (Å²) in [5, 5.41) is 2.79. The molecule has 1 heterocycles. The average Bonchev–Trinajstić information content (AvgIpc) is 2.80. The van der Waals surface area contributed by atoms with Gasteiger partial charge in [-0.25, -0.2) is 9.59 Å². The Morgan fingerprint density at radius 1 is 1.13 bits per heavy atom. The summed E-state index contributed by atoms with van der Waals surface area (Å²) in [6, 6.07) is 16.0. The lowest BCUT2D eigenvalue weighted by molar-refractivity contribution is 0.226. The number of ether oxygens (including phenoxy) is 1. The number of aliphatic imine (C=N–C) groups is 2. The van der Waals surface area contributed by atoms with Crippen LogP contribution in [-0.4, -0.2) is 35.6 Å². The van der Waals surface area contributed by atoms with E-state index in [1.54, 1.807) is 13.2 Å². The van der Waals surface area contributed by atoms with Crippen LogP contribution in [-0.2, 0) is 13.1 Å². The molecule has 4 amide bonds. The van der Waals surface area contributed by atoms with Crippen molar-refractivity contribution in [3.8, 4) is 5.75 Å². The number of nitrogens with one attached hydrogen (secondary N) is 1. The summed E-state index contributed by atoms with van der Waals surface area (Å²) in [6.45, 7) is 0.577. The first-order valence-electron chi connectivity index (χ1n) is 9.92. The van der Waals surface area contributed by atoms with Gasteiger partial charge in [0, 0.05) is 6.54 Å². The summed E-state index contributed by atoms with van der Waals surface area (Å²) in [4.78, 5) is 35.4. The molecule has 1 unspecified atom stereocenters. The monoisotopic (exact) mass is 414 g/mol. The summed E-state index contributed by atoms with van der Waals surface area (Å²) >= 11 is 0. The van der Waals surface area contributed by atoms with Gasteiger partial charge in [-0.1, -0.05) is 60.7 Å². The van der Waals surface area contributed by atoms with Crippen molar-refractivity contribution in [1.82, 2.24) is 10.2 Å². The van der Waals surface area contributed by atoms with Gasteiger partial charge in [0.2, 0.25) is 0 Å². The Hall–Kier alpha value is -4.00. The number of hydrogen-bond acceptors (Lipinski definition) is 3. The average molecular weight is 414 g/mol. The molecule has 7 heteroatoms. The molecule has 0 fully saturated rings. The molecule has 1 atom stereocenters. The number of amidine groups is 1. The van der Waals surface area contributed by atoms with E-state index in [4.69, 9.17) is 4.74 Å². The van der Waals surface area contributed by atoms with Crippen molar-refractivity contribution in [2.24, 2.45) is 15.9 Å². The first kappa shape index (κ1) is 20.3. The maximum Gasteiger partial charge on any atom is 0.349 e. The molecule has 7 nitrogen and oxygen atoms in total. The van der Waals surface area contributed by atoms with Gasteiger partial charge < -0.3 is 10.1 Å². The zero-order valence-corrected chi connectivity index (χ0v) is 17.1. The van der Waals surface area contributed by atoms with Gasteiger partial charge in [-0.2, -0.15) is 9.98 Å². The van der Waals surface area contributed by atoms with E-state index in [1.165, 1.54) is 4.90 Å². The quantitative estimate of drug-likeness (QED) is 0.799. The van der Waals surface area contributed by atoms with Crippen LogP contribution >= 0.6 is 0 Å². The highest BCUT2D eigenvalue weighted by Gasteiger charge is 2.34. The van der Waals surface area contributed by atoms with Crippen LogP contribution < -0.4 is 10.1 Å². The summed E-state index contributed by atoms with van der Waals surface area (Å²) < 4.78 is 5.28. The van der Waals surface area contributed by atoms with E-state index in [0.29, 0.717) is 23.8 Å². The molecule has 0 radical (unpaired) electrons. The number of nitrogens with zero attached hydrogens (tertiary/aromatic N) is 3. The Balaban J connectivity index is 1.61. The van der Waals surface area contributed by atoms with Gasteiger partial charge in [0.05, 0.1) is 25.3 Å². The molecule has 0 bridgehead atoms. The number of methoxy groups -OCH3 is 1. The van der Waals surface area contributed by atoms with Crippen molar-refractivity contribution in [2.75, 3.05) is 7.11 Å². The Morgan fingerprint density at radius 2 is 1.94 bits per heavy atom. The van der Waals surface area contributed by atoms with Gasteiger partial charge in [0.1, 0.15) is 11.6 Å². The van der Waals surface area contributed by atoms with E-state index in [9.17, 15) is 9.59 Å². The van der Waals surface area contributed by atoms with E-state index in [0.717, 1.165) is 11.1 Å². The second-order valence-corrected chi connectivity index (χ2v) is 7.09. The largest absolute Gasteiger partial charge is 0.497 e. The van der Waals surface area contributed by atoms with Crippen LogP contribution in [0.3, 0.4) is 0 Å². The SMILES string of the molecule is COc1cccc(CN2C(=O)N=C3C=CC=CC3/C2=N/C(=O)NCc2ccccc2)c1. The lowest BCUT2D eigenvalue weighted by atomic mass is 9.94. The lowest BCUT2D eigenvalue weighted by Gasteiger charge is -2.31. The number of rotatable bonds is 5. The number of urea groups is 2. The number of allylic oxidation sites excluding steroid dienone is 3. The molecule has 156 valence electrons. The predicted molar refractivity (Wildman–Crippen MR) is 119 cm³/mol. The minimum atomic E-state index is -0.508. The lowest BCUT2D eigenvalue weighted by Crippen LogP contribution is -2.46. The topological polar surface area (TPSA) is 83.4 Å². The summed E-state index contributed by atoms with van der Waals surface area (Å²) in [5.41, 5.74) is 2.38. The number of amides is 4. The highest BCUT2D eigenvalue weighted by atomic mass is 16.5. The van der Waals surface area contributed by atoms with Crippen LogP contribution in [0.4, 0.5) is 9.59 Å². The summed E-state index contributed by atoms with van der Waals surface area (Å²) in [7, 11) is 1.59. The van der Waals surface area contributed by atoms with Crippen molar-refractivity contribution in [3.05, 3.63) is 90.0 Å². The maximum absolute atomic E-state index is 12.8. The highest BCUT2D eigenvalue weighted by molar-refractivity contribution is 6.24. The van der Waals surface area contributed by atoms with Crippen LogP contribution in [0.25, 0.3) is 0 Å². The van der Waals surface area contributed by atoms with Gasteiger partial charge in [0.25, 0.3) is 0 Å². The molecular weight excluding hydrogens is 392 g/mol. The predicted octanol–water partition coefficient (Wildman–Crippen LogP) is 4.12. The van der Waals surface area contributed by atoms with Crippen LogP contribution in [0.5, 0.6) is 5.75 Å². The standard InChI is InChI=1S/C24H22N4O3/c1-31-19-11-7-10-18(14-19)16-28-22(20-12-5-6-13-21(20)26-24(28)30)27-23(29)25-15-17-8-3-2-4-9-17/h2-14,20H,15-16H2,1H3,(H,25,29)/b27-22-. The Labute approximate surface area is 180 Å². The molecule has 0 saturated heterocycles. The van der Waals surface area contributed by atoms with Crippen molar-refractivity contribution < 1.29 is 14.3 Å². The number of carbonyl (C=O) groups excluding carboxylic acids is 2. The first-order chi connectivity index (χ1) is 15.1. The third-order valence-corrected chi connectivity index (χ3v) is 4.99. The van der Waals surface area contributed by atoms with E-state index < -0.39 is 12.1 Å². The van der Waals surface area contributed by atoms with E-state index in [-0.39, 0.29) is 12.5 Å². The molecule has 31 heavy (non-hydrogen) atoms. The fraction of sp³-hybridized carbons (Fsp3) is 0.167. The minimum absolute atomic E-state index is 0.228. The van der Waals surface area contributed by atoms with Crippen molar-refractivity contribution in [3.63, 3.8) is 0 Å². The molecule has 0 spiro atoms. The first-order valence-corrected chi connectivity index (χ1v) is 9.92. The van der Waals surface area contributed by atoms with E-state index in [2.05, 4.69) is 15.3 Å². The zero-order valence-electron chi connectivity index (χ0n) is 17.1. The number of fused-ring (bicyclic) bond motifs is 1. The van der Waals surface area contributed by atoms with Crippen molar-refractivity contribution in [1.29, 1.82) is 0 Å². The molecule has 1 aliphatic carbocycles. The summed E-state index contributed by atoms with van der Waals surface area (Å²) in [5.74, 6) is 0.672. The highest BCUT2D eigenvalue weighted by Crippen LogP contribution is 2.24. The van der Waals surface area contributed by atoms with Crippen molar-refractivity contribution in [2.45, 2.75) is 13.1 Å². The molecule has 0 aromatic heterocycles. The molecule has 0 saturated carbocycles. The second-order valence-electron chi connectivity index (χ2n) is 7.09. The van der Waals surface area contributed by atoms with Crippen LogP contribution in [0, 0.1) is 5.92 Å². The number of benzene rings is 2. The van der Waals surface area contributed by atoms with Crippen LogP contribution in [0.2, 0.25) is 0 Å². The molecule has 2 aliphatic rings. The Morgan fingerprint density at radius 3 is 2.74 bits per heavy atom. The van der Waals surface area contributed by atoms with Crippen LogP contribution in [0.15, 0.2) is 88.9 Å². The third kappa shape index (κ3) is 4.78. The van der Waals surface area contributed by atoms with Crippen LogP contribution in [0.1, 0.15) is 11.1 Å². The van der Waals surface area contributed by atoms with Gasteiger partial charge in [-0.3, -0.25) is 4.90 Å². The minimum Gasteiger partial charge on any atom is -0.497 e. The molecule has 2 aromatic rings. The Kier molecular flexibility index (Phi) is 6.03. The molecule has 1 aliphatic heterocycles. The summed E-state index contributed by atoms with van der Waals surface area (Å²) in [6.07, 6.45) is 7.32. The molecular formula is C24H22N4O3.